The molecule has 0 amide bonds. The lowest BCUT2D eigenvalue weighted by molar-refractivity contribution is 0.0956. The van der Waals surface area contributed by atoms with Crippen molar-refractivity contribution in [2.24, 2.45) is 5.92 Å². The normalized spacial score (nSPS) is 12.4. The van der Waals surface area contributed by atoms with Crippen LogP contribution in [-0.4, -0.2) is 5.78 Å². The Morgan fingerprint density at radius 2 is 2.00 bits per heavy atom. The Kier molecular flexibility index (Phi) is 6.49. The van der Waals surface area contributed by atoms with E-state index >= 15 is 0 Å². The van der Waals surface area contributed by atoms with Crippen molar-refractivity contribution in [3.05, 3.63) is 34.3 Å². The zero-order chi connectivity index (χ0) is 12.7. The van der Waals surface area contributed by atoms with Crippen molar-refractivity contribution in [3.63, 3.8) is 0 Å². The molecule has 0 aliphatic carbocycles. The molecule has 0 radical (unpaired) electrons. The fourth-order valence-corrected chi connectivity index (χ4v) is 2.51. The van der Waals surface area contributed by atoms with Gasteiger partial charge in [-0.15, -0.1) is 0 Å². The third kappa shape index (κ3) is 4.63. The van der Waals surface area contributed by atoms with Gasteiger partial charge in [-0.2, -0.15) is 0 Å². The highest BCUT2D eigenvalue weighted by molar-refractivity contribution is 9.10. The molecule has 0 spiro atoms. The highest BCUT2D eigenvalue weighted by atomic mass is 79.9. The summed E-state index contributed by atoms with van der Waals surface area (Å²) in [4.78, 5) is 12.2. The van der Waals surface area contributed by atoms with E-state index < -0.39 is 0 Å². The number of carbonyl (C=O) groups excluding carboxylic acids is 1. The van der Waals surface area contributed by atoms with Crippen LogP contribution in [0.5, 0.6) is 0 Å². The lowest BCUT2D eigenvalue weighted by atomic mass is 9.91. The third-order valence-corrected chi connectivity index (χ3v) is 3.88. The number of ketones is 1. The van der Waals surface area contributed by atoms with Gasteiger partial charge in [0.1, 0.15) is 0 Å². The average molecular weight is 297 g/mol. The summed E-state index contributed by atoms with van der Waals surface area (Å²) in [5, 5.41) is 0. The molecule has 0 saturated heterocycles. The van der Waals surface area contributed by atoms with Crippen LogP contribution < -0.4 is 0 Å². The molecule has 17 heavy (non-hydrogen) atoms. The van der Waals surface area contributed by atoms with Gasteiger partial charge in [0.15, 0.2) is 5.78 Å². The highest BCUT2D eigenvalue weighted by Crippen LogP contribution is 2.23. The quantitative estimate of drug-likeness (QED) is 0.629. The lowest BCUT2D eigenvalue weighted by Gasteiger charge is -2.13. The van der Waals surface area contributed by atoms with E-state index in [2.05, 4.69) is 29.8 Å². The van der Waals surface area contributed by atoms with Gasteiger partial charge < -0.3 is 0 Å². The number of Topliss-reactive ketones (excluding diaryl/α,β-unsaturated/α-hetero) is 1. The first-order valence-electron chi connectivity index (χ1n) is 6.46. The maximum absolute atomic E-state index is 12.2. The fraction of sp³-hybridized carbons (Fsp3) is 0.533. The largest absolute Gasteiger partial charge is 0.294 e. The second-order valence-electron chi connectivity index (χ2n) is 4.52. The molecule has 0 aromatic heterocycles. The number of carbonyl (C=O) groups is 1. The summed E-state index contributed by atoms with van der Waals surface area (Å²) in [6.07, 6.45) is 5.37. The molecule has 0 bridgehead atoms. The smallest absolute Gasteiger partial charge is 0.164 e. The van der Waals surface area contributed by atoms with Gasteiger partial charge >= 0.3 is 0 Å². The van der Waals surface area contributed by atoms with E-state index in [4.69, 9.17) is 0 Å². The van der Waals surface area contributed by atoms with E-state index in [0.717, 1.165) is 16.5 Å². The van der Waals surface area contributed by atoms with E-state index in [1.807, 2.05) is 24.3 Å². The summed E-state index contributed by atoms with van der Waals surface area (Å²) in [7, 11) is 0. The molecule has 1 atom stereocenters. The molecule has 1 unspecified atom stereocenters. The van der Waals surface area contributed by atoms with Crippen LogP contribution in [0.4, 0.5) is 0 Å². The molecule has 1 aromatic carbocycles. The number of hydrogen-bond donors (Lipinski definition) is 0. The average Bonchev–Trinajstić information content (AvgIpc) is 2.34. The molecular weight excluding hydrogens is 276 g/mol. The van der Waals surface area contributed by atoms with Gasteiger partial charge in [0.25, 0.3) is 0 Å². The van der Waals surface area contributed by atoms with Gasteiger partial charge in [0, 0.05) is 16.5 Å². The molecule has 0 fully saturated rings. The van der Waals surface area contributed by atoms with Gasteiger partial charge in [0.2, 0.25) is 0 Å². The maximum atomic E-state index is 12.2. The third-order valence-electron chi connectivity index (χ3n) is 3.19. The molecule has 0 saturated carbocycles. The lowest BCUT2D eigenvalue weighted by Crippen LogP contribution is -2.09. The molecular formula is C15H21BrO. The van der Waals surface area contributed by atoms with Crippen LogP contribution >= 0.6 is 15.9 Å². The van der Waals surface area contributed by atoms with Crippen LogP contribution in [0.25, 0.3) is 0 Å². The van der Waals surface area contributed by atoms with E-state index in [0.29, 0.717) is 12.3 Å². The van der Waals surface area contributed by atoms with Crippen molar-refractivity contribution in [2.75, 3.05) is 0 Å². The summed E-state index contributed by atoms with van der Waals surface area (Å²) >= 11 is 3.44. The summed E-state index contributed by atoms with van der Waals surface area (Å²) in [5.74, 6) is 0.801. The van der Waals surface area contributed by atoms with Crippen LogP contribution in [0, 0.1) is 5.92 Å². The Morgan fingerprint density at radius 3 is 2.59 bits per heavy atom. The van der Waals surface area contributed by atoms with Gasteiger partial charge in [-0.05, 0) is 12.0 Å². The molecule has 0 heterocycles. The van der Waals surface area contributed by atoms with Crippen LogP contribution in [0.2, 0.25) is 0 Å². The van der Waals surface area contributed by atoms with Crippen molar-refractivity contribution in [3.8, 4) is 0 Å². The van der Waals surface area contributed by atoms with Crippen molar-refractivity contribution >= 4 is 21.7 Å². The van der Waals surface area contributed by atoms with E-state index in [-0.39, 0.29) is 5.78 Å². The maximum Gasteiger partial charge on any atom is 0.164 e. The molecule has 1 aromatic rings. The predicted octanol–water partition coefficient (Wildman–Crippen LogP) is 5.24. The summed E-state index contributed by atoms with van der Waals surface area (Å²) in [6, 6.07) is 7.69. The molecule has 1 nitrogen and oxygen atoms in total. The Hall–Kier alpha value is -0.630. The topological polar surface area (TPSA) is 17.1 Å². The first-order valence-corrected chi connectivity index (χ1v) is 7.26. The van der Waals surface area contributed by atoms with E-state index in [1.165, 1.54) is 19.3 Å². The van der Waals surface area contributed by atoms with Crippen LogP contribution in [0.1, 0.15) is 56.3 Å². The molecule has 94 valence electrons. The monoisotopic (exact) mass is 296 g/mol. The minimum atomic E-state index is 0.264. The second kappa shape index (κ2) is 7.65. The van der Waals surface area contributed by atoms with E-state index in [9.17, 15) is 4.79 Å². The van der Waals surface area contributed by atoms with Gasteiger partial charge in [-0.25, -0.2) is 0 Å². The van der Waals surface area contributed by atoms with E-state index in [1.54, 1.807) is 0 Å². The number of benzene rings is 1. The van der Waals surface area contributed by atoms with Crippen molar-refractivity contribution in [1.82, 2.24) is 0 Å². The Bertz CT molecular complexity index is 360. The molecule has 0 N–H and O–H groups in total. The van der Waals surface area contributed by atoms with Crippen molar-refractivity contribution < 1.29 is 4.79 Å². The minimum Gasteiger partial charge on any atom is -0.294 e. The molecule has 2 heteroatoms. The first kappa shape index (κ1) is 14.4. The molecule has 0 aliphatic rings. The SMILES string of the molecule is CCCCC(CC)CC(=O)c1ccccc1Br. The second-order valence-corrected chi connectivity index (χ2v) is 5.38. The number of halogens is 1. The van der Waals surface area contributed by atoms with Gasteiger partial charge in [-0.1, -0.05) is 73.7 Å². The zero-order valence-electron chi connectivity index (χ0n) is 10.7. The Balaban J connectivity index is 2.61. The zero-order valence-corrected chi connectivity index (χ0v) is 12.3. The van der Waals surface area contributed by atoms with Gasteiger partial charge in [-0.3, -0.25) is 4.79 Å². The number of unbranched alkanes of at least 4 members (excludes halogenated alkanes) is 1. The number of hydrogen-bond acceptors (Lipinski definition) is 1. The summed E-state index contributed by atoms with van der Waals surface area (Å²) in [6.45, 7) is 4.37. The molecule has 0 aliphatic heterocycles. The summed E-state index contributed by atoms with van der Waals surface area (Å²) < 4.78 is 0.912. The summed E-state index contributed by atoms with van der Waals surface area (Å²) in [5.41, 5.74) is 0.822. The highest BCUT2D eigenvalue weighted by Gasteiger charge is 2.15. The minimum absolute atomic E-state index is 0.264. The predicted molar refractivity (Wildman–Crippen MR) is 76.4 cm³/mol. The van der Waals surface area contributed by atoms with Gasteiger partial charge in [0.05, 0.1) is 0 Å². The first-order chi connectivity index (χ1) is 8.19. The Labute approximate surface area is 113 Å². The fourth-order valence-electron chi connectivity index (χ4n) is 2.00. The Morgan fingerprint density at radius 1 is 1.29 bits per heavy atom. The van der Waals surface area contributed by atoms with Crippen LogP contribution in [0.3, 0.4) is 0 Å². The van der Waals surface area contributed by atoms with Crippen molar-refractivity contribution in [1.29, 1.82) is 0 Å². The molecule has 1 rings (SSSR count). The van der Waals surface area contributed by atoms with Crippen molar-refractivity contribution in [2.45, 2.75) is 46.0 Å². The van der Waals surface area contributed by atoms with Crippen LogP contribution in [-0.2, 0) is 0 Å². The van der Waals surface area contributed by atoms with Crippen LogP contribution in [0.15, 0.2) is 28.7 Å². The standard InChI is InChI=1S/C15H21BrO/c1-3-5-8-12(4-2)11-15(17)13-9-6-7-10-14(13)16/h6-7,9-10,12H,3-5,8,11H2,1-2H3. The number of rotatable bonds is 7.